The van der Waals surface area contributed by atoms with Gasteiger partial charge in [0.05, 0.1) is 4.90 Å². The van der Waals surface area contributed by atoms with Crippen molar-refractivity contribution in [3.8, 4) is 0 Å². The largest absolute Gasteiger partial charge is 0.455 e. The van der Waals surface area contributed by atoms with Gasteiger partial charge in [-0.3, -0.25) is 4.79 Å². The molecule has 4 rings (SSSR count). The van der Waals surface area contributed by atoms with Crippen molar-refractivity contribution >= 4 is 16.0 Å². The Bertz CT molecular complexity index is 727. The average Bonchev–Trinajstić information content (AvgIpc) is 2.76. The first-order valence-electron chi connectivity index (χ1n) is 7.76. The van der Waals surface area contributed by atoms with Crippen LogP contribution >= 0.6 is 0 Å². The first kappa shape index (κ1) is 14.2. The second-order valence-electron chi connectivity index (χ2n) is 6.61. The molecule has 22 heavy (non-hydrogen) atoms. The highest BCUT2D eigenvalue weighted by Gasteiger charge is 2.70. The number of carbonyl (C=O) groups excluding carboxylic acids is 1. The average molecular weight is 321 g/mol. The van der Waals surface area contributed by atoms with Crippen molar-refractivity contribution in [3.05, 3.63) is 29.8 Å². The van der Waals surface area contributed by atoms with E-state index in [0.29, 0.717) is 6.54 Å². The highest BCUT2D eigenvalue weighted by Crippen LogP contribution is 2.53. The fourth-order valence-electron chi connectivity index (χ4n) is 4.19. The van der Waals surface area contributed by atoms with Crippen molar-refractivity contribution in [2.24, 2.45) is 5.92 Å². The lowest BCUT2D eigenvalue weighted by Crippen LogP contribution is -2.66. The van der Waals surface area contributed by atoms with Gasteiger partial charge in [0, 0.05) is 12.5 Å². The van der Waals surface area contributed by atoms with Gasteiger partial charge in [-0.15, -0.1) is 0 Å². The molecule has 5 nitrogen and oxygen atoms in total. The molecule has 2 heterocycles. The van der Waals surface area contributed by atoms with E-state index in [0.717, 1.165) is 31.2 Å². The Morgan fingerprint density at radius 1 is 1.23 bits per heavy atom. The maximum Gasteiger partial charge on any atom is 0.329 e. The van der Waals surface area contributed by atoms with E-state index in [2.05, 4.69) is 0 Å². The van der Waals surface area contributed by atoms with E-state index in [1.54, 1.807) is 24.3 Å². The highest BCUT2D eigenvalue weighted by molar-refractivity contribution is 7.89. The lowest BCUT2D eigenvalue weighted by Gasteiger charge is -2.49. The molecule has 1 aliphatic carbocycles. The molecule has 6 heteroatoms. The third kappa shape index (κ3) is 1.74. The normalized spacial score (nSPS) is 34.5. The van der Waals surface area contributed by atoms with Crippen LogP contribution in [0.1, 0.15) is 31.2 Å². The zero-order chi connectivity index (χ0) is 15.5. The lowest BCUT2D eigenvalue weighted by molar-refractivity contribution is -0.211. The van der Waals surface area contributed by atoms with E-state index in [1.807, 2.05) is 6.92 Å². The van der Waals surface area contributed by atoms with Crippen LogP contribution < -0.4 is 0 Å². The van der Waals surface area contributed by atoms with Crippen LogP contribution in [0.3, 0.4) is 0 Å². The molecule has 118 valence electrons. The minimum Gasteiger partial charge on any atom is -0.455 e. The zero-order valence-corrected chi connectivity index (χ0v) is 13.3. The Hall–Kier alpha value is -1.40. The summed E-state index contributed by atoms with van der Waals surface area (Å²) in [6.45, 7) is 2.31. The number of esters is 1. The summed E-state index contributed by atoms with van der Waals surface area (Å²) in [6, 6.07) is 6.17. The van der Waals surface area contributed by atoms with Crippen molar-refractivity contribution in [3.63, 3.8) is 0 Å². The summed E-state index contributed by atoms with van der Waals surface area (Å²) in [4.78, 5) is 12.2. The van der Waals surface area contributed by atoms with Crippen LogP contribution in [0.2, 0.25) is 0 Å². The van der Waals surface area contributed by atoms with Gasteiger partial charge in [-0.05, 0) is 38.3 Å². The second-order valence-corrected chi connectivity index (χ2v) is 8.50. The number of ether oxygens (including phenoxy) is 1. The number of hydrogen-bond acceptors (Lipinski definition) is 4. The Labute approximate surface area is 130 Å². The molecule has 1 aromatic carbocycles. The fraction of sp³-hybridized carbons (Fsp3) is 0.562. The third-order valence-electron chi connectivity index (χ3n) is 5.35. The Morgan fingerprint density at radius 3 is 2.64 bits per heavy atom. The van der Waals surface area contributed by atoms with Gasteiger partial charge in [-0.25, -0.2) is 8.42 Å². The molecule has 0 aromatic heterocycles. The van der Waals surface area contributed by atoms with Crippen molar-refractivity contribution in [1.82, 2.24) is 4.31 Å². The van der Waals surface area contributed by atoms with E-state index in [9.17, 15) is 13.2 Å². The fourth-order valence-corrected chi connectivity index (χ4v) is 5.86. The van der Waals surface area contributed by atoms with Crippen LogP contribution in [-0.4, -0.2) is 36.9 Å². The smallest absolute Gasteiger partial charge is 0.329 e. The van der Waals surface area contributed by atoms with Crippen LogP contribution in [0, 0.1) is 12.8 Å². The SMILES string of the molecule is Cc1ccc(S(=O)(=O)N2C[C@H]3CCCCC34OC(=O)C24)cc1. The number of hydrogen-bond donors (Lipinski definition) is 0. The van der Waals surface area contributed by atoms with Gasteiger partial charge in [0.1, 0.15) is 5.60 Å². The molecule has 2 unspecified atom stereocenters. The van der Waals surface area contributed by atoms with Gasteiger partial charge in [0.2, 0.25) is 10.0 Å². The standard InChI is InChI=1S/C16H19NO4S/c1-11-5-7-13(8-6-11)22(19,20)17-10-12-4-2-3-9-16(12)14(17)15(18)21-16/h5-8,12,14H,2-4,9-10H2,1H3/t12-,14?,16?/m1/s1. The maximum absolute atomic E-state index is 12.9. The first-order valence-corrected chi connectivity index (χ1v) is 9.20. The maximum atomic E-state index is 12.9. The minimum absolute atomic E-state index is 0.143. The van der Waals surface area contributed by atoms with E-state index in [4.69, 9.17) is 4.74 Å². The number of aryl methyl sites for hydroxylation is 1. The highest BCUT2D eigenvalue weighted by atomic mass is 32.2. The Kier molecular flexibility index (Phi) is 2.94. The van der Waals surface area contributed by atoms with Gasteiger partial charge >= 0.3 is 5.97 Å². The van der Waals surface area contributed by atoms with Crippen molar-refractivity contribution < 1.29 is 17.9 Å². The molecule has 3 aliphatic rings. The summed E-state index contributed by atoms with van der Waals surface area (Å²) < 4.78 is 32.8. The Morgan fingerprint density at radius 2 is 1.95 bits per heavy atom. The molecule has 1 aromatic rings. The monoisotopic (exact) mass is 321 g/mol. The molecule has 0 radical (unpaired) electrons. The van der Waals surface area contributed by atoms with Crippen LogP contribution in [0.15, 0.2) is 29.2 Å². The van der Waals surface area contributed by atoms with Gasteiger partial charge < -0.3 is 4.74 Å². The molecule has 0 N–H and O–H groups in total. The summed E-state index contributed by atoms with van der Waals surface area (Å²) in [5.74, 6) is -0.246. The molecule has 2 aliphatic heterocycles. The summed E-state index contributed by atoms with van der Waals surface area (Å²) >= 11 is 0. The van der Waals surface area contributed by atoms with E-state index in [1.165, 1.54) is 4.31 Å². The molecule has 1 saturated carbocycles. The third-order valence-corrected chi connectivity index (χ3v) is 7.20. The van der Waals surface area contributed by atoms with Crippen LogP contribution in [0.25, 0.3) is 0 Å². The molecule has 3 fully saturated rings. The molecule has 2 saturated heterocycles. The number of benzene rings is 1. The molecule has 1 spiro atoms. The zero-order valence-electron chi connectivity index (χ0n) is 12.5. The molecule has 3 atom stereocenters. The van der Waals surface area contributed by atoms with Crippen LogP contribution in [0.5, 0.6) is 0 Å². The number of rotatable bonds is 2. The quantitative estimate of drug-likeness (QED) is 0.780. The summed E-state index contributed by atoms with van der Waals surface area (Å²) in [6.07, 6.45) is 3.80. The second kappa shape index (κ2) is 4.55. The van der Waals surface area contributed by atoms with Crippen molar-refractivity contribution in [1.29, 1.82) is 0 Å². The van der Waals surface area contributed by atoms with E-state index < -0.39 is 21.7 Å². The first-order chi connectivity index (χ1) is 10.4. The predicted molar refractivity (Wildman–Crippen MR) is 79.6 cm³/mol. The van der Waals surface area contributed by atoms with Gasteiger partial charge in [0.25, 0.3) is 0 Å². The predicted octanol–water partition coefficient (Wildman–Crippen LogP) is 1.85. The number of sulfonamides is 1. The minimum atomic E-state index is -3.65. The van der Waals surface area contributed by atoms with Crippen LogP contribution in [-0.2, 0) is 19.6 Å². The Balaban J connectivity index is 1.73. The summed E-state index contributed by atoms with van der Waals surface area (Å²) in [7, 11) is -3.65. The van der Waals surface area contributed by atoms with Crippen LogP contribution in [0.4, 0.5) is 0 Å². The molecular formula is C16H19NO4S. The van der Waals surface area contributed by atoms with Crippen molar-refractivity contribution in [2.45, 2.75) is 49.1 Å². The molecular weight excluding hydrogens is 302 g/mol. The molecule has 0 amide bonds. The van der Waals surface area contributed by atoms with Gasteiger partial charge in [0.15, 0.2) is 6.04 Å². The molecule has 0 bridgehead atoms. The summed E-state index contributed by atoms with van der Waals surface area (Å²) in [5, 5.41) is 0. The number of carbonyl (C=O) groups is 1. The lowest BCUT2D eigenvalue weighted by atomic mass is 9.71. The van der Waals surface area contributed by atoms with E-state index in [-0.39, 0.29) is 16.8 Å². The number of nitrogens with zero attached hydrogens (tertiary/aromatic N) is 1. The van der Waals surface area contributed by atoms with Gasteiger partial charge in [-0.1, -0.05) is 24.1 Å². The van der Waals surface area contributed by atoms with Crippen molar-refractivity contribution in [2.75, 3.05) is 6.54 Å². The van der Waals surface area contributed by atoms with Gasteiger partial charge in [-0.2, -0.15) is 4.31 Å². The topological polar surface area (TPSA) is 63.7 Å². The summed E-state index contributed by atoms with van der Waals surface area (Å²) in [5.41, 5.74) is 0.459. The van der Waals surface area contributed by atoms with E-state index >= 15 is 0 Å².